The predicted molar refractivity (Wildman–Crippen MR) is 65.4 cm³/mol. The number of hydrogen-bond acceptors (Lipinski definition) is 3. The van der Waals surface area contributed by atoms with Crippen molar-refractivity contribution < 1.29 is 32.3 Å². The number of hydrogen-bond donors (Lipinski definition) is 1. The van der Waals surface area contributed by atoms with Crippen molar-refractivity contribution in [1.29, 1.82) is 0 Å². The Morgan fingerprint density at radius 2 is 1.82 bits per heavy atom. The summed E-state index contributed by atoms with van der Waals surface area (Å²) in [5.41, 5.74) is -1.65. The summed E-state index contributed by atoms with van der Waals surface area (Å²) in [5, 5.41) is 9.43. The monoisotopic (exact) mass is 320 g/mol. The molecule has 0 bridgehead atoms. The van der Waals surface area contributed by atoms with Crippen LogP contribution in [0.15, 0.2) is 18.2 Å². The number of nitrogens with zero attached hydrogens (tertiary/aromatic N) is 2. The number of aliphatic carboxylic acids is 1. The number of likely N-dealkylation sites (tertiary alicyclic amines) is 1. The highest BCUT2D eigenvalue weighted by Crippen LogP contribution is 2.36. The second kappa shape index (κ2) is 5.54. The smallest absolute Gasteiger partial charge is 0.471 e. The maximum Gasteiger partial charge on any atom is 0.471 e. The minimum atomic E-state index is -5.00. The highest BCUT2D eigenvalue weighted by atomic mass is 19.4. The molecular formula is C13H12F4N2O3. The first kappa shape index (κ1) is 16.2. The second-order valence-corrected chi connectivity index (χ2v) is 5.02. The molecule has 2 heterocycles. The van der Waals surface area contributed by atoms with Gasteiger partial charge in [-0.05, 0) is 25.0 Å². The van der Waals surface area contributed by atoms with Gasteiger partial charge in [0, 0.05) is 13.1 Å². The zero-order valence-corrected chi connectivity index (χ0v) is 11.2. The molecule has 22 heavy (non-hydrogen) atoms. The Morgan fingerprint density at radius 3 is 2.27 bits per heavy atom. The van der Waals surface area contributed by atoms with Crippen molar-refractivity contribution in [2.75, 3.05) is 13.1 Å². The number of halogens is 4. The van der Waals surface area contributed by atoms with Crippen LogP contribution in [0.3, 0.4) is 0 Å². The fourth-order valence-electron chi connectivity index (χ4n) is 2.53. The standard InChI is InChI=1S/C13H12F4N2O3/c14-9-3-1-2-8(18-9)12(11(21)22)4-6-19(7-5-12)10(20)13(15,16)17/h1-3H,4-7H2,(H,21,22). The number of aromatic nitrogens is 1. The van der Waals surface area contributed by atoms with Crippen LogP contribution >= 0.6 is 0 Å². The van der Waals surface area contributed by atoms with Crippen molar-refractivity contribution in [3.05, 3.63) is 29.8 Å². The van der Waals surface area contributed by atoms with Gasteiger partial charge in [0.2, 0.25) is 5.95 Å². The van der Waals surface area contributed by atoms with Crippen LogP contribution in [0.25, 0.3) is 0 Å². The summed E-state index contributed by atoms with van der Waals surface area (Å²) in [5.74, 6) is -4.17. The molecule has 0 aliphatic carbocycles. The van der Waals surface area contributed by atoms with E-state index < -0.39 is 29.4 Å². The van der Waals surface area contributed by atoms with Gasteiger partial charge in [0.05, 0.1) is 5.69 Å². The topological polar surface area (TPSA) is 70.5 Å². The molecule has 0 saturated carbocycles. The quantitative estimate of drug-likeness (QED) is 0.665. The fraction of sp³-hybridized carbons (Fsp3) is 0.462. The molecule has 120 valence electrons. The fourth-order valence-corrected chi connectivity index (χ4v) is 2.53. The van der Waals surface area contributed by atoms with Crippen molar-refractivity contribution >= 4 is 11.9 Å². The second-order valence-electron chi connectivity index (χ2n) is 5.02. The number of carbonyl (C=O) groups is 2. The molecule has 1 saturated heterocycles. The van der Waals surface area contributed by atoms with Gasteiger partial charge >= 0.3 is 18.1 Å². The van der Waals surface area contributed by atoms with Crippen LogP contribution in [0.5, 0.6) is 0 Å². The molecule has 1 N–H and O–H groups in total. The number of pyridine rings is 1. The third kappa shape index (κ3) is 2.88. The molecule has 1 fully saturated rings. The van der Waals surface area contributed by atoms with E-state index in [2.05, 4.69) is 4.98 Å². The van der Waals surface area contributed by atoms with Crippen LogP contribution in [0.2, 0.25) is 0 Å². The lowest BCUT2D eigenvalue weighted by Crippen LogP contribution is -2.52. The van der Waals surface area contributed by atoms with Gasteiger partial charge in [-0.1, -0.05) is 6.07 Å². The molecule has 1 amide bonds. The lowest BCUT2D eigenvalue weighted by Gasteiger charge is -2.38. The van der Waals surface area contributed by atoms with Gasteiger partial charge in [0.25, 0.3) is 0 Å². The Labute approximate surface area is 122 Å². The number of carboxylic acid groups (broad SMARTS) is 1. The van der Waals surface area contributed by atoms with E-state index >= 15 is 0 Å². The van der Waals surface area contributed by atoms with Gasteiger partial charge in [-0.25, -0.2) is 4.98 Å². The molecule has 1 aliphatic rings. The van der Waals surface area contributed by atoms with Gasteiger partial charge in [-0.15, -0.1) is 0 Å². The van der Waals surface area contributed by atoms with E-state index in [4.69, 9.17) is 0 Å². The van der Waals surface area contributed by atoms with Crippen LogP contribution in [-0.2, 0) is 15.0 Å². The largest absolute Gasteiger partial charge is 0.481 e. The molecule has 1 aromatic heterocycles. The molecule has 1 aromatic rings. The Kier molecular flexibility index (Phi) is 4.08. The summed E-state index contributed by atoms with van der Waals surface area (Å²) in [6, 6.07) is 3.65. The average molecular weight is 320 g/mol. The summed E-state index contributed by atoms with van der Waals surface area (Å²) in [6.07, 6.45) is -5.53. The van der Waals surface area contributed by atoms with E-state index in [1.54, 1.807) is 0 Å². The maximum absolute atomic E-state index is 13.2. The summed E-state index contributed by atoms with van der Waals surface area (Å²) in [6.45, 7) is -0.772. The van der Waals surface area contributed by atoms with Crippen molar-refractivity contribution in [3.8, 4) is 0 Å². The van der Waals surface area contributed by atoms with E-state index in [1.165, 1.54) is 12.1 Å². The molecule has 2 rings (SSSR count). The van der Waals surface area contributed by atoms with E-state index in [0.29, 0.717) is 4.90 Å². The Morgan fingerprint density at radius 1 is 1.23 bits per heavy atom. The van der Waals surface area contributed by atoms with Crippen LogP contribution in [0, 0.1) is 5.95 Å². The van der Waals surface area contributed by atoms with E-state index in [0.717, 1.165) is 6.07 Å². The zero-order chi connectivity index (χ0) is 16.5. The summed E-state index contributed by atoms with van der Waals surface area (Å²) in [7, 11) is 0. The molecule has 1 aliphatic heterocycles. The van der Waals surface area contributed by atoms with E-state index in [-0.39, 0.29) is 31.6 Å². The molecule has 0 radical (unpaired) electrons. The average Bonchev–Trinajstić information content (AvgIpc) is 2.45. The third-order valence-corrected chi connectivity index (χ3v) is 3.76. The summed E-state index contributed by atoms with van der Waals surface area (Å²) < 4.78 is 50.4. The van der Waals surface area contributed by atoms with Gasteiger partial charge in [0.15, 0.2) is 0 Å². The highest BCUT2D eigenvalue weighted by Gasteiger charge is 2.49. The molecular weight excluding hydrogens is 308 g/mol. The number of carbonyl (C=O) groups excluding carboxylic acids is 1. The number of carboxylic acids is 1. The van der Waals surface area contributed by atoms with Crippen molar-refractivity contribution in [1.82, 2.24) is 9.88 Å². The lowest BCUT2D eigenvalue weighted by atomic mass is 9.75. The number of rotatable bonds is 2. The molecule has 5 nitrogen and oxygen atoms in total. The number of amides is 1. The SMILES string of the molecule is O=C(N1CCC(C(=O)O)(c2cccc(F)n2)CC1)C(F)(F)F. The minimum absolute atomic E-state index is 0.0564. The van der Waals surface area contributed by atoms with E-state index in [1.807, 2.05) is 0 Å². The van der Waals surface area contributed by atoms with Gasteiger partial charge in [-0.2, -0.15) is 17.6 Å². The normalized spacial score (nSPS) is 18.1. The van der Waals surface area contributed by atoms with Crippen LogP contribution in [0.4, 0.5) is 17.6 Å². The van der Waals surface area contributed by atoms with Crippen molar-refractivity contribution in [2.24, 2.45) is 0 Å². The summed E-state index contributed by atoms with van der Waals surface area (Å²) in [4.78, 5) is 26.8. The maximum atomic E-state index is 13.2. The van der Waals surface area contributed by atoms with E-state index in [9.17, 15) is 32.3 Å². The van der Waals surface area contributed by atoms with Gasteiger partial charge < -0.3 is 10.0 Å². The molecule has 0 aromatic carbocycles. The minimum Gasteiger partial charge on any atom is -0.481 e. The van der Waals surface area contributed by atoms with Crippen molar-refractivity contribution in [2.45, 2.75) is 24.4 Å². The number of piperidine rings is 1. The van der Waals surface area contributed by atoms with Crippen LogP contribution in [0.1, 0.15) is 18.5 Å². The number of alkyl halides is 3. The Balaban J connectivity index is 2.24. The lowest BCUT2D eigenvalue weighted by molar-refractivity contribution is -0.187. The first-order valence-corrected chi connectivity index (χ1v) is 6.39. The third-order valence-electron chi connectivity index (χ3n) is 3.76. The zero-order valence-electron chi connectivity index (χ0n) is 11.2. The molecule has 9 heteroatoms. The Hall–Kier alpha value is -2.19. The highest BCUT2D eigenvalue weighted by molar-refractivity contribution is 5.84. The first-order valence-electron chi connectivity index (χ1n) is 6.39. The first-order chi connectivity index (χ1) is 10.2. The molecule has 0 spiro atoms. The Bertz CT molecular complexity index is 595. The molecule has 0 unspecified atom stereocenters. The van der Waals surface area contributed by atoms with Gasteiger partial charge in [0.1, 0.15) is 5.41 Å². The summed E-state index contributed by atoms with van der Waals surface area (Å²) >= 11 is 0. The predicted octanol–water partition coefficient (Wildman–Crippen LogP) is 1.73. The van der Waals surface area contributed by atoms with Crippen LogP contribution in [-0.4, -0.2) is 46.1 Å². The van der Waals surface area contributed by atoms with Gasteiger partial charge in [-0.3, -0.25) is 9.59 Å². The van der Waals surface area contributed by atoms with Crippen molar-refractivity contribution in [3.63, 3.8) is 0 Å². The molecule has 0 atom stereocenters. The van der Waals surface area contributed by atoms with Crippen LogP contribution < -0.4 is 0 Å².